The van der Waals surface area contributed by atoms with Crippen LogP contribution in [0.1, 0.15) is 21.6 Å². The number of benzene rings is 3. The maximum atomic E-state index is 13.0. The number of fused-ring (bicyclic) bond motifs is 2. The highest BCUT2D eigenvalue weighted by atomic mass is 32.1. The molecular formula is C23H18N4OS. The molecule has 0 aliphatic carbocycles. The van der Waals surface area contributed by atoms with Crippen molar-refractivity contribution in [2.45, 2.75) is 13.5 Å². The minimum atomic E-state index is -0.247. The second-order valence-corrected chi connectivity index (χ2v) is 7.98. The number of para-hydroxylation sites is 2. The standard InChI is InChI=1S/C23H18N4OS/c1-15-10-12-16(13-11-15)14-27-19-8-4-2-6-17(19)21(26-27)22(28)25-23-24-18-7-3-5-9-20(18)29-23/h2-13H,14H2,1H3,(H,24,25,28). The van der Waals surface area contributed by atoms with Crippen LogP contribution in [0.25, 0.3) is 21.1 Å². The molecule has 1 N–H and O–H groups in total. The predicted molar refractivity (Wildman–Crippen MR) is 118 cm³/mol. The van der Waals surface area contributed by atoms with E-state index in [1.165, 1.54) is 16.9 Å². The van der Waals surface area contributed by atoms with Crippen LogP contribution in [0, 0.1) is 6.92 Å². The number of aryl methyl sites for hydroxylation is 1. The third-order valence-corrected chi connectivity index (χ3v) is 5.79. The van der Waals surface area contributed by atoms with Crippen LogP contribution in [0.15, 0.2) is 72.8 Å². The number of carbonyl (C=O) groups is 1. The van der Waals surface area contributed by atoms with Crippen LogP contribution < -0.4 is 5.32 Å². The lowest BCUT2D eigenvalue weighted by Gasteiger charge is -2.04. The van der Waals surface area contributed by atoms with Crippen LogP contribution in [-0.4, -0.2) is 20.7 Å². The van der Waals surface area contributed by atoms with Crippen LogP contribution in [0.5, 0.6) is 0 Å². The fraction of sp³-hybridized carbons (Fsp3) is 0.0870. The third-order valence-electron chi connectivity index (χ3n) is 4.84. The minimum Gasteiger partial charge on any atom is -0.296 e. The van der Waals surface area contributed by atoms with Gasteiger partial charge in [0.05, 0.1) is 22.3 Å². The number of rotatable bonds is 4. The maximum absolute atomic E-state index is 13.0. The van der Waals surface area contributed by atoms with Gasteiger partial charge in [-0.15, -0.1) is 0 Å². The summed E-state index contributed by atoms with van der Waals surface area (Å²) in [5, 5.41) is 8.96. The Morgan fingerprint density at radius 1 is 1.00 bits per heavy atom. The van der Waals surface area contributed by atoms with Crippen molar-refractivity contribution in [3.63, 3.8) is 0 Å². The molecule has 6 heteroatoms. The highest BCUT2D eigenvalue weighted by molar-refractivity contribution is 7.22. The number of anilines is 1. The van der Waals surface area contributed by atoms with E-state index >= 15 is 0 Å². The first kappa shape index (κ1) is 17.6. The van der Waals surface area contributed by atoms with Gasteiger partial charge in [0.15, 0.2) is 10.8 Å². The molecule has 0 bridgehead atoms. The molecule has 5 nitrogen and oxygen atoms in total. The number of hydrogen-bond donors (Lipinski definition) is 1. The average molecular weight is 398 g/mol. The Bertz CT molecular complexity index is 1300. The molecule has 0 atom stereocenters. The lowest BCUT2D eigenvalue weighted by atomic mass is 10.1. The number of amides is 1. The van der Waals surface area contributed by atoms with Gasteiger partial charge in [-0.3, -0.25) is 14.8 Å². The number of hydrogen-bond acceptors (Lipinski definition) is 4. The molecule has 0 spiro atoms. The third kappa shape index (κ3) is 3.39. The van der Waals surface area contributed by atoms with E-state index < -0.39 is 0 Å². The van der Waals surface area contributed by atoms with Gasteiger partial charge in [0, 0.05) is 5.39 Å². The van der Waals surface area contributed by atoms with Gasteiger partial charge in [0.25, 0.3) is 5.91 Å². The molecule has 1 amide bonds. The molecule has 5 aromatic rings. The zero-order valence-corrected chi connectivity index (χ0v) is 16.6. The normalized spacial score (nSPS) is 11.2. The summed E-state index contributed by atoms with van der Waals surface area (Å²) in [6.07, 6.45) is 0. The molecule has 0 unspecified atom stereocenters. The minimum absolute atomic E-state index is 0.247. The fourth-order valence-electron chi connectivity index (χ4n) is 3.36. The highest BCUT2D eigenvalue weighted by Gasteiger charge is 2.18. The number of carbonyl (C=O) groups excluding carboxylic acids is 1. The van der Waals surface area contributed by atoms with Crippen molar-refractivity contribution in [1.82, 2.24) is 14.8 Å². The SMILES string of the molecule is Cc1ccc(Cn2nc(C(=O)Nc3nc4ccccc4s3)c3ccccc32)cc1. The Labute approximate surface area is 171 Å². The first-order valence-corrected chi connectivity index (χ1v) is 10.2. The van der Waals surface area contributed by atoms with E-state index in [0.29, 0.717) is 17.4 Å². The molecule has 142 valence electrons. The van der Waals surface area contributed by atoms with E-state index in [9.17, 15) is 4.79 Å². The first-order chi connectivity index (χ1) is 14.2. The smallest absolute Gasteiger partial charge is 0.278 e. The van der Waals surface area contributed by atoms with Crippen molar-refractivity contribution in [3.8, 4) is 0 Å². The van der Waals surface area contributed by atoms with E-state index in [1.54, 1.807) is 0 Å². The average Bonchev–Trinajstić information content (AvgIpc) is 3.31. The van der Waals surface area contributed by atoms with Crippen molar-refractivity contribution >= 4 is 43.5 Å². The fourth-order valence-corrected chi connectivity index (χ4v) is 4.22. The molecule has 0 radical (unpaired) electrons. The van der Waals surface area contributed by atoms with Gasteiger partial charge in [0.1, 0.15) is 0 Å². The van der Waals surface area contributed by atoms with Gasteiger partial charge in [-0.05, 0) is 30.7 Å². The van der Waals surface area contributed by atoms with Crippen molar-refractivity contribution in [2.24, 2.45) is 0 Å². The van der Waals surface area contributed by atoms with E-state index in [2.05, 4.69) is 46.6 Å². The van der Waals surface area contributed by atoms with Crippen molar-refractivity contribution in [3.05, 3.63) is 89.6 Å². The maximum Gasteiger partial charge on any atom is 0.278 e. The Morgan fingerprint density at radius 2 is 1.76 bits per heavy atom. The van der Waals surface area contributed by atoms with Crippen LogP contribution >= 0.6 is 11.3 Å². The van der Waals surface area contributed by atoms with Crippen molar-refractivity contribution in [1.29, 1.82) is 0 Å². The van der Waals surface area contributed by atoms with Crippen molar-refractivity contribution in [2.75, 3.05) is 5.32 Å². The molecular weight excluding hydrogens is 380 g/mol. The summed E-state index contributed by atoms with van der Waals surface area (Å²) >= 11 is 1.46. The summed E-state index contributed by atoms with van der Waals surface area (Å²) in [5.41, 5.74) is 4.58. The molecule has 29 heavy (non-hydrogen) atoms. The van der Waals surface area contributed by atoms with Crippen LogP contribution in [0.3, 0.4) is 0 Å². The second-order valence-electron chi connectivity index (χ2n) is 6.95. The number of nitrogens with zero attached hydrogens (tertiary/aromatic N) is 3. The Hall–Kier alpha value is -3.51. The number of aromatic nitrogens is 3. The number of thiazole rings is 1. The topological polar surface area (TPSA) is 59.8 Å². The van der Waals surface area contributed by atoms with Crippen molar-refractivity contribution < 1.29 is 4.79 Å². The van der Waals surface area contributed by atoms with Gasteiger partial charge in [0.2, 0.25) is 0 Å². The molecule has 0 aliphatic rings. The Balaban J connectivity index is 1.49. The molecule has 3 aromatic carbocycles. The Kier molecular flexibility index (Phi) is 4.33. The van der Waals surface area contributed by atoms with Crippen LogP contribution in [-0.2, 0) is 6.54 Å². The summed E-state index contributed by atoms with van der Waals surface area (Å²) in [5.74, 6) is -0.247. The predicted octanol–water partition coefficient (Wildman–Crippen LogP) is 5.26. The van der Waals surface area contributed by atoms with Gasteiger partial charge in [-0.2, -0.15) is 5.10 Å². The summed E-state index contributed by atoms with van der Waals surface area (Å²) in [7, 11) is 0. The van der Waals surface area contributed by atoms with E-state index in [0.717, 1.165) is 26.7 Å². The first-order valence-electron chi connectivity index (χ1n) is 9.35. The van der Waals surface area contributed by atoms with E-state index in [1.807, 2.05) is 53.2 Å². The van der Waals surface area contributed by atoms with Gasteiger partial charge < -0.3 is 0 Å². The van der Waals surface area contributed by atoms with Crippen LogP contribution in [0.4, 0.5) is 5.13 Å². The van der Waals surface area contributed by atoms with E-state index in [4.69, 9.17) is 0 Å². The van der Waals surface area contributed by atoms with E-state index in [-0.39, 0.29) is 5.91 Å². The van der Waals surface area contributed by atoms with Gasteiger partial charge in [-0.25, -0.2) is 4.98 Å². The molecule has 0 fully saturated rings. The lowest BCUT2D eigenvalue weighted by Crippen LogP contribution is -2.13. The largest absolute Gasteiger partial charge is 0.296 e. The van der Waals surface area contributed by atoms with Crippen LogP contribution in [0.2, 0.25) is 0 Å². The molecule has 5 rings (SSSR count). The second kappa shape index (κ2) is 7.14. The molecule has 0 aliphatic heterocycles. The zero-order valence-electron chi connectivity index (χ0n) is 15.8. The Morgan fingerprint density at radius 3 is 2.59 bits per heavy atom. The van der Waals surface area contributed by atoms with Gasteiger partial charge >= 0.3 is 0 Å². The quantitative estimate of drug-likeness (QED) is 0.449. The highest BCUT2D eigenvalue weighted by Crippen LogP contribution is 2.27. The summed E-state index contributed by atoms with van der Waals surface area (Å²) in [6, 6.07) is 24.0. The summed E-state index contributed by atoms with van der Waals surface area (Å²) < 4.78 is 2.92. The molecule has 2 aromatic heterocycles. The molecule has 2 heterocycles. The zero-order chi connectivity index (χ0) is 19.8. The summed E-state index contributed by atoms with van der Waals surface area (Å²) in [6.45, 7) is 2.67. The molecule has 0 saturated heterocycles. The number of nitrogens with one attached hydrogen (secondary N) is 1. The molecule has 0 saturated carbocycles. The van der Waals surface area contributed by atoms with Gasteiger partial charge in [-0.1, -0.05) is 71.5 Å². The summed E-state index contributed by atoms with van der Waals surface area (Å²) in [4.78, 5) is 17.5. The lowest BCUT2D eigenvalue weighted by molar-refractivity contribution is 0.102. The monoisotopic (exact) mass is 398 g/mol.